The number of carbonyl (C=O) groups is 1. The van der Waals surface area contributed by atoms with Crippen LogP contribution in [0.5, 0.6) is 0 Å². The molecule has 0 bridgehead atoms. The van der Waals surface area contributed by atoms with E-state index in [1.807, 2.05) is 0 Å². The Hall–Kier alpha value is 0.780. The summed E-state index contributed by atoms with van der Waals surface area (Å²) in [6.45, 7) is 0.821. The third kappa shape index (κ3) is 2.91. The fourth-order valence-electron chi connectivity index (χ4n) is 0.584. The van der Waals surface area contributed by atoms with Gasteiger partial charge in [0, 0.05) is 41.9 Å². The molecule has 0 aliphatic carbocycles. The summed E-state index contributed by atoms with van der Waals surface area (Å²) in [6, 6.07) is 0. The number of aliphatic carboxylic acids is 1. The number of thioether (sulfide) groups is 1. The van der Waals surface area contributed by atoms with Crippen LogP contribution in [0.4, 0.5) is 0 Å². The zero-order valence-electron chi connectivity index (χ0n) is 5.26. The van der Waals surface area contributed by atoms with Gasteiger partial charge >= 0.3 is 5.97 Å². The molecule has 47 valence electrons. The first-order valence-corrected chi connectivity index (χ1v) is 3.43. The minimum absolute atomic E-state index is 0. The van der Waals surface area contributed by atoms with Gasteiger partial charge in [0.15, 0.2) is 5.37 Å². The van der Waals surface area contributed by atoms with Gasteiger partial charge < -0.3 is 5.11 Å². The number of rotatable bonds is 1. The van der Waals surface area contributed by atoms with Gasteiger partial charge in [-0.15, -0.1) is 11.8 Å². The molecule has 1 atom stereocenters. The van der Waals surface area contributed by atoms with E-state index in [2.05, 4.69) is 5.32 Å². The Kier molecular flexibility index (Phi) is 4.97. The van der Waals surface area contributed by atoms with E-state index in [9.17, 15) is 4.79 Å². The molecular weight excluding hydrogens is 149 g/mol. The van der Waals surface area contributed by atoms with Gasteiger partial charge in [0.25, 0.3) is 0 Å². The summed E-state index contributed by atoms with van der Waals surface area (Å²) in [4.78, 5) is 10.1. The van der Waals surface area contributed by atoms with Gasteiger partial charge in [0.2, 0.25) is 0 Å². The summed E-state index contributed by atoms with van der Waals surface area (Å²) in [6.07, 6.45) is 0. The predicted octanol–water partition coefficient (Wildman–Crippen LogP) is -0.647. The number of nitrogens with one attached hydrogen (secondary N) is 1. The predicted molar refractivity (Wildman–Crippen MR) is 37.6 cm³/mol. The second-order valence-electron chi connectivity index (χ2n) is 1.54. The Balaban J connectivity index is 0.000000640. The zero-order valence-corrected chi connectivity index (χ0v) is 8.07. The maximum atomic E-state index is 10.1. The first-order chi connectivity index (χ1) is 3.80. The van der Waals surface area contributed by atoms with Gasteiger partial charge in [0.1, 0.15) is 0 Å². The molecule has 1 fully saturated rings. The molecule has 0 aromatic rings. The fourth-order valence-corrected chi connectivity index (χ4v) is 1.43. The van der Waals surface area contributed by atoms with Gasteiger partial charge in [-0.2, -0.15) is 0 Å². The summed E-state index contributed by atoms with van der Waals surface area (Å²) in [5, 5.41) is 10.8. The molecule has 5 heteroatoms. The molecule has 1 heterocycles. The van der Waals surface area contributed by atoms with Crippen molar-refractivity contribution in [1.82, 2.24) is 5.32 Å². The maximum absolute atomic E-state index is 10.1. The number of carboxylic acid groups (broad SMARTS) is 1. The molecule has 0 aromatic heterocycles. The quantitative estimate of drug-likeness (QED) is 0.495. The minimum atomic E-state index is -0.757. The van der Waals surface area contributed by atoms with E-state index in [1.54, 1.807) is 0 Å². The van der Waals surface area contributed by atoms with Crippen LogP contribution in [0.2, 0.25) is 0 Å². The van der Waals surface area contributed by atoms with Crippen LogP contribution >= 0.6 is 11.8 Å². The summed E-state index contributed by atoms with van der Waals surface area (Å²) < 4.78 is 0. The van der Waals surface area contributed by atoms with Crippen molar-refractivity contribution >= 4 is 47.3 Å². The Morgan fingerprint density at radius 3 is 2.67 bits per heavy atom. The van der Waals surface area contributed by atoms with E-state index in [-0.39, 0.29) is 34.9 Å². The molecule has 1 saturated heterocycles. The average molecular weight is 156 g/mol. The average Bonchev–Trinajstić information content (AvgIpc) is 2.12. The second-order valence-corrected chi connectivity index (χ2v) is 2.76. The SMILES string of the molecule is O=C(O)C1NCCS1.[Na]. The van der Waals surface area contributed by atoms with Crippen molar-refractivity contribution in [2.24, 2.45) is 0 Å². The smallest absolute Gasteiger partial charge is 0.331 e. The zero-order chi connectivity index (χ0) is 5.98. The van der Waals surface area contributed by atoms with Crippen LogP contribution in [0.15, 0.2) is 0 Å². The van der Waals surface area contributed by atoms with Crippen LogP contribution in [0.3, 0.4) is 0 Å². The minimum Gasteiger partial charge on any atom is -0.479 e. The summed E-state index contributed by atoms with van der Waals surface area (Å²) in [5.41, 5.74) is 0. The Morgan fingerprint density at radius 2 is 2.44 bits per heavy atom. The molecule has 1 aliphatic rings. The fraction of sp³-hybridized carbons (Fsp3) is 0.750. The molecule has 2 N–H and O–H groups in total. The van der Waals surface area contributed by atoms with E-state index in [0.29, 0.717) is 0 Å². The van der Waals surface area contributed by atoms with E-state index in [0.717, 1.165) is 12.3 Å². The van der Waals surface area contributed by atoms with E-state index < -0.39 is 5.97 Å². The van der Waals surface area contributed by atoms with Crippen molar-refractivity contribution in [1.29, 1.82) is 0 Å². The Morgan fingerprint density at radius 1 is 1.78 bits per heavy atom. The first-order valence-electron chi connectivity index (χ1n) is 2.38. The maximum Gasteiger partial charge on any atom is 0.331 e. The molecular formula is C4H7NNaO2S. The molecule has 0 aromatic carbocycles. The first kappa shape index (κ1) is 9.78. The molecule has 1 aliphatic heterocycles. The van der Waals surface area contributed by atoms with E-state index in [4.69, 9.17) is 5.11 Å². The molecule has 1 unspecified atom stereocenters. The summed E-state index contributed by atoms with van der Waals surface area (Å²) in [5.74, 6) is 0.157. The van der Waals surface area contributed by atoms with Crippen LogP contribution < -0.4 is 5.32 Å². The number of carboxylic acids is 1. The van der Waals surface area contributed by atoms with Gasteiger partial charge in [-0.25, -0.2) is 4.79 Å². The molecule has 1 radical (unpaired) electrons. The topological polar surface area (TPSA) is 49.3 Å². The van der Waals surface area contributed by atoms with Gasteiger partial charge in [0.05, 0.1) is 0 Å². The van der Waals surface area contributed by atoms with Crippen molar-refractivity contribution < 1.29 is 9.90 Å². The Bertz CT molecular complexity index is 105. The number of hydrogen-bond donors (Lipinski definition) is 2. The van der Waals surface area contributed by atoms with Crippen molar-refractivity contribution in [3.8, 4) is 0 Å². The third-order valence-electron chi connectivity index (χ3n) is 0.941. The molecule has 9 heavy (non-hydrogen) atoms. The standard InChI is InChI=1S/C4H7NO2S.Na/c6-4(7)3-5-1-2-8-3;/h3,5H,1-2H2,(H,6,7);. The normalized spacial score (nSPS) is 25.1. The van der Waals surface area contributed by atoms with Crippen LogP contribution in [0.25, 0.3) is 0 Å². The van der Waals surface area contributed by atoms with Crippen LogP contribution in [0, 0.1) is 0 Å². The molecule has 0 spiro atoms. The van der Waals surface area contributed by atoms with Crippen LogP contribution in [0.1, 0.15) is 0 Å². The van der Waals surface area contributed by atoms with Crippen molar-refractivity contribution in [3.63, 3.8) is 0 Å². The molecule has 3 nitrogen and oxygen atoms in total. The Labute approximate surface area is 79.9 Å². The summed E-state index contributed by atoms with van der Waals surface area (Å²) in [7, 11) is 0. The monoisotopic (exact) mass is 156 g/mol. The van der Waals surface area contributed by atoms with Crippen LogP contribution in [-0.4, -0.2) is 58.3 Å². The van der Waals surface area contributed by atoms with E-state index >= 15 is 0 Å². The summed E-state index contributed by atoms with van der Waals surface area (Å²) >= 11 is 1.44. The largest absolute Gasteiger partial charge is 0.479 e. The second kappa shape index (κ2) is 4.57. The van der Waals surface area contributed by atoms with Gasteiger partial charge in [-0.3, -0.25) is 5.32 Å². The van der Waals surface area contributed by atoms with E-state index in [1.165, 1.54) is 11.8 Å². The third-order valence-corrected chi connectivity index (χ3v) is 2.08. The van der Waals surface area contributed by atoms with Gasteiger partial charge in [-0.05, 0) is 0 Å². The molecule has 0 saturated carbocycles. The van der Waals surface area contributed by atoms with Gasteiger partial charge in [-0.1, -0.05) is 0 Å². The van der Waals surface area contributed by atoms with Crippen molar-refractivity contribution in [3.05, 3.63) is 0 Å². The number of hydrogen-bond acceptors (Lipinski definition) is 3. The molecule has 0 amide bonds. The van der Waals surface area contributed by atoms with Crippen LogP contribution in [-0.2, 0) is 4.79 Å². The van der Waals surface area contributed by atoms with Crippen molar-refractivity contribution in [2.75, 3.05) is 12.3 Å². The van der Waals surface area contributed by atoms with Crippen molar-refractivity contribution in [2.45, 2.75) is 5.37 Å². The molecule has 1 rings (SSSR count).